The molecule has 0 saturated heterocycles. The van der Waals surface area contributed by atoms with Crippen LogP contribution < -0.4 is 10.5 Å². The van der Waals surface area contributed by atoms with Crippen molar-refractivity contribution < 1.29 is 13.5 Å². The summed E-state index contributed by atoms with van der Waals surface area (Å²) in [5.74, 6) is -0.979. The van der Waals surface area contributed by atoms with Gasteiger partial charge in [-0.2, -0.15) is 5.26 Å². The van der Waals surface area contributed by atoms with Gasteiger partial charge in [-0.25, -0.2) is 8.78 Å². The maximum Gasteiger partial charge on any atom is 0.165 e. The summed E-state index contributed by atoms with van der Waals surface area (Å²) in [7, 11) is 0. The Morgan fingerprint density at radius 3 is 2.62 bits per heavy atom. The summed E-state index contributed by atoms with van der Waals surface area (Å²) in [4.78, 5) is 0. The highest BCUT2D eigenvalue weighted by molar-refractivity contribution is 5.38. The van der Waals surface area contributed by atoms with Crippen molar-refractivity contribution in [2.24, 2.45) is 5.73 Å². The first-order valence-electron chi connectivity index (χ1n) is 6.37. The second-order valence-corrected chi connectivity index (χ2v) is 4.68. The van der Waals surface area contributed by atoms with Crippen LogP contribution in [-0.2, 0) is 6.61 Å². The lowest BCUT2D eigenvalue weighted by Crippen LogP contribution is -2.06. The highest BCUT2D eigenvalue weighted by Crippen LogP contribution is 2.22. The average Bonchev–Trinajstić information content (AvgIpc) is 2.46. The first-order valence-corrected chi connectivity index (χ1v) is 6.37. The number of nitriles is 1. The van der Waals surface area contributed by atoms with Gasteiger partial charge in [-0.3, -0.25) is 0 Å². The van der Waals surface area contributed by atoms with Gasteiger partial charge in [-0.05, 0) is 42.8 Å². The Labute approximate surface area is 121 Å². The Morgan fingerprint density at radius 2 is 2.00 bits per heavy atom. The number of nitrogens with two attached hydrogens (primary N) is 1. The Bertz CT molecular complexity index is 693. The van der Waals surface area contributed by atoms with Crippen molar-refractivity contribution in [3.05, 3.63) is 64.7 Å². The fourth-order valence-electron chi connectivity index (χ4n) is 1.86. The molecular formula is C16H14F2N2O. The summed E-state index contributed by atoms with van der Waals surface area (Å²) in [6.45, 7) is 1.66. The van der Waals surface area contributed by atoms with Crippen LogP contribution >= 0.6 is 0 Å². The lowest BCUT2D eigenvalue weighted by atomic mass is 10.1. The largest absolute Gasteiger partial charge is 0.486 e. The Balaban J connectivity index is 2.17. The van der Waals surface area contributed by atoms with E-state index in [0.717, 1.165) is 0 Å². The number of hydrogen-bond acceptors (Lipinski definition) is 3. The van der Waals surface area contributed by atoms with Crippen molar-refractivity contribution in [2.45, 2.75) is 19.6 Å². The molecule has 0 aliphatic rings. The highest BCUT2D eigenvalue weighted by Gasteiger charge is 2.09. The predicted molar refractivity (Wildman–Crippen MR) is 74.4 cm³/mol. The van der Waals surface area contributed by atoms with Crippen LogP contribution in [0.5, 0.6) is 5.75 Å². The normalized spacial score (nSPS) is 11.8. The van der Waals surface area contributed by atoms with Gasteiger partial charge in [-0.1, -0.05) is 6.07 Å². The zero-order valence-corrected chi connectivity index (χ0v) is 11.4. The third kappa shape index (κ3) is 3.56. The van der Waals surface area contributed by atoms with E-state index in [4.69, 9.17) is 15.7 Å². The minimum atomic E-state index is -0.542. The number of benzene rings is 2. The van der Waals surface area contributed by atoms with Crippen LogP contribution in [0.15, 0.2) is 36.4 Å². The second-order valence-electron chi connectivity index (χ2n) is 4.68. The van der Waals surface area contributed by atoms with Crippen LogP contribution in [0, 0.1) is 23.0 Å². The molecule has 21 heavy (non-hydrogen) atoms. The quantitative estimate of drug-likeness (QED) is 0.937. The maximum atomic E-state index is 13.9. The summed E-state index contributed by atoms with van der Waals surface area (Å²) in [5, 5.41) is 8.94. The van der Waals surface area contributed by atoms with Crippen LogP contribution in [-0.4, -0.2) is 0 Å². The van der Waals surface area contributed by atoms with Gasteiger partial charge < -0.3 is 10.5 Å². The summed E-state index contributed by atoms with van der Waals surface area (Å²) in [6, 6.07) is 9.87. The molecular weight excluding hydrogens is 274 g/mol. The molecule has 2 aromatic rings. The highest BCUT2D eigenvalue weighted by atomic mass is 19.1. The molecule has 3 nitrogen and oxygen atoms in total. The molecule has 0 amide bonds. The van der Waals surface area contributed by atoms with E-state index in [2.05, 4.69) is 0 Å². The smallest absolute Gasteiger partial charge is 0.165 e. The van der Waals surface area contributed by atoms with Crippen LogP contribution in [0.3, 0.4) is 0 Å². The van der Waals surface area contributed by atoms with Crippen molar-refractivity contribution in [1.29, 1.82) is 5.26 Å². The van der Waals surface area contributed by atoms with E-state index >= 15 is 0 Å². The number of hydrogen-bond donors (Lipinski definition) is 1. The molecule has 0 spiro atoms. The van der Waals surface area contributed by atoms with Gasteiger partial charge in [0.1, 0.15) is 12.4 Å². The zero-order chi connectivity index (χ0) is 15.4. The molecule has 0 aliphatic carbocycles. The first kappa shape index (κ1) is 14.9. The molecule has 5 heteroatoms. The van der Waals surface area contributed by atoms with E-state index in [1.54, 1.807) is 13.0 Å². The van der Waals surface area contributed by atoms with Crippen LogP contribution in [0.1, 0.15) is 29.7 Å². The van der Waals surface area contributed by atoms with Crippen LogP contribution in [0.25, 0.3) is 0 Å². The number of ether oxygens (including phenoxy) is 1. The number of halogens is 2. The molecule has 0 heterocycles. The van der Waals surface area contributed by atoms with Gasteiger partial charge in [-0.15, -0.1) is 0 Å². The molecule has 0 fully saturated rings. The van der Waals surface area contributed by atoms with Crippen molar-refractivity contribution in [2.75, 3.05) is 0 Å². The minimum Gasteiger partial charge on any atom is -0.486 e. The molecule has 1 unspecified atom stereocenters. The molecule has 2 aromatic carbocycles. The minimum absolute atomic E-state index is 0.0348. The Hall–Kier alpha value is -2.45. The van der Waals surface area contributed by atoms with E-state index in [9.17, 15) is 8.78 Å². The lowest BCUT2D eigenvalue weighted by Gasteiger charge is -2.11. The molecule has 0 aliphatic heterocycles. The van der Waals surface area contributed by atoms with Gasteiger partial charge >= 0.3 is 0 Å². The number of nitrogens with zero attached hydrogens (tertiary/aromatic N) is 1. The molecule has 108 valence electrons. The van der Waals surface area contributed by atoms with E-state index in [0.29, 0.717) is 16.7 Å². The maximum absolute atomic E-state index is 13.9. The predicted octanol–water partition coefficient (Wildman–Crippen LogP) is 3.44. The van der Waals surface area contributed by atoms with Crippen molar-refractivity contribution >= 4 is 0 Å². The van der Waals surface area contributed by atoms with Gasteiger partial charge in [0.05, 0.1) is 11.6 Å². The van der Waals surface area contributed by atoms with Crippen molar-refractivity contribution in [3.8, 4) is 11.8 Å². The zero-order valence-electron chi connectivity index (χ0n) is 11.4. The van der Waals surface area contributed by atoms with Crippen molar-refractivity contribution in [3.63, 3.8) is 0 Å². The van der Waals surface area contributed by atoms with Gasteiger partial charge in [0.2, 0.25) is 0 Å². The molecule has 0 bridgehead atoms. The molecule has 2 N–H and O–H groups in total. The molecule has 0 saturated carbocycles. The third-order valence-electron chi connectivity index (χ3n) is 3.05. The van der Waals surface area contributed by atoms with Gasteiger partial charge in [0.15, 0.2) is 11.6 Å². The monoisotopic (exact) mass is 288 g/mol. The summed E-state index contributed by atoms with van der Waals surface area (Å²) in [6.07, 6.45) is 0. The Kier molecular flexibility index (Phi) is 4.51. The first-order chi connectivity index (χ1) is 10.0. The van der Waals surface area contributed by atoms with E-state index in [1.807, 2.05) is 6.07 Å². The molecule has 0 aromatic heterocycles. The number of rotatable bonds is 4. The summed E-state index contributed by atoms with van der Waals surface area (Å²) in [5.41, 5.74) is 6.99. The Morgan fingerprint density at radius 1 is 1.24 bits per heavy atom. The average molecular weight is 288 g/mol. The van der Waals surface area contributed by atoms with Crippen LogP contribution in [0.2, 0.25) is 0 Å². The lowest BCUT2D eigenvalue weighted by molar-refractivity contribution is 0.289. The van der Waals surface area contributed by atoms with E-state index in [1.165, 1.54) is 30.3 Å². The SMILES string of the molecule is CC(N)c1ccc(OCc2cc(F)ccc2C#N)c(F)c1. The molecule has 0 radical (unpaired) electrons. The van der Waals surface area contributed by atoms with Gasteiger partial charge in [0, 0.05) is 11.6 Å². The third-order valence-corrected chi connectivity index (χ3v) is 3.05. The van der Waals surface area contributed by atoms with E-state index < -0.39 is 11.6 Å². The summed E-state index contributed by atoms with van der Waals surface area (Å²) < 4.78 is 32.4. The molecule has 1 atom stereocenters. The fourth-order valence-corrected chi connectivity index (χ4v) is 1.86. The van der Waals surface area contributed by atoms with Gasteiger partial charge in [0.25, 0.3) is 0 Å². The molecule has 2 rings (SSSR count). The summed E-state index contributed by atoms with van der Waals surface area (Å²) >= 11 is 0. The topological polar surface area (TPSA) is 59.0 Å². The van der Waals surface area contributed by atoms with Crippen LogP contribution in [0.4, 0.5) is 8.78 Å². The van der Waals surface area contributed by atoms with Crippen molar-refractivity contribution in [1.82, 2.24) is 0 Å². The second kappa shape index (κ2) is 6.33. The van der Waals surface area contributed by atoms with E-state index in [-0.39, 0.29) is 18.4 Å². The standard InChI is InChI=1S/C16H14F2N2O/c1-10(20)11-3-5-16(15(18)7-11)21-9-13-6-14(17)4-2-12(13)8-19/h2-7,10H,9,20H2,1H3. The fraction of sp³-hybridized carbons (Fsp3) is 0.188.